The van der Waals surface area contributed by atoms with Gasteiger partial charge in [-0.1, -0.05) is 37.3 Å². The maximum atomic E-state index is 12.6. The molecule has 4 rings (SSSR count). The van der Waals surface area contributed by atoms with Crippen LogP contribution in [-0.2, 0) is 0 Å². The fourth-order valence-electron chi connectivity index (χ4n) is 3.23. The molecule has 0 saturated carbocycles. The third-order valence-corrected chi connectivity index (χ3v) is 5.72. The smallest absolute Gasteiger partial charge is 0.323 e. The molecule has 0 unspecified atom stereocenters. The van der Waals surface area contributed by atoms with E-state index in [4.69, 9.17) is 4.98 Å². The van der Waals surface area contributed by atoms with Crippen molar-refractivity contribution in [2.45, 2.75) is 26.7 Å². The van der Waals surface area contributed by atoms with Gasteiger partial charge in [0, 0.05) is 43.9 Å². The van der Waals surface area contributed by atoms with E-state index in [2.05, 4.69) is 34.0 Å². The molecule has 2 aromatic heterocycles. The Morgan fingerprint density at radius 2 is 1.86 bits per heavy atom. The maximum Gasteiger partial charge on any atom is 0.323 e. The highest BCUT2D eigenvalue weighted by Gasteiger charge is 2.23. The van der Waals surface area contributed by atoms with Crippen LogP contribution in [0, 0.1) is 6.92 Å². The fraction of sp³-hybridized carbons (Fsp3) is 0.400. The number of hydrogen-bond donors (Lipinski definition) is 1. The lowest BCUT2D eigenvalue weighted by Crippen LogP contribution is -2.50. The number of amides is 2. The molecular weight excluding hydrogens is 372 g/mol. The summed E-state index contributed by atoms with van der Waals surface area (Å²) in [5.41, 5.74) is 1.89. The van der Waals surface area contributed by atoms with Crippen molar-refractivity contribution in [2.75, 3.05) is 36.4 Å². The zero-order valence-electron chi connectivity index (χ0n) is 16.3. The molecule has 146 valence electrons. The number of piperazine rings is 1. The average molecular weight is 397 g/mol. The Hall–Kier alpha value is -2.74. The van der Waals surface area contributed by atoms with Gasteiger partial charge in [0.1, 0.15) is 11.6 Å². The molecule has 8 heteroatoms. The van der Waals surface area contributed by atoms with Gasteiger partial charge in [0.15, 0.2) is 5.13 Å². The van der Waals surface area contributed by atoms with E-state index in [1.807, 2.05) is 42.2 Å². The number of aromatic nitrogens is 3. The summed E-state index contributed by atoms with van der Waals surface area (Å²) in [4.78, 5) is 30.4. The van der Waals surface area contributed by atoms with Crippen LogP contribution in [0.4, 0.5) is 15.7 Å². The number of fused-ring (bicyclic) bond motifs is 1. The number of urea groups is 1. The number of nitrogens with one attached hydrogen (secondary N) is 1. The van der Waals surface area contributed by atoms with Gasteiger partial charge in [-0.05, 0) is 19.1 Å². The van der Waals surface area contributed by atoms with Crippen LogP contribution in [0.5, 0.6) is 0 Å². The lowest BCUT2D eigenvalue weighted by atomic mass is 10.2. The summed E-state index contributed by atoms with van der Waals surface area (Å²) in [7, 11) is 0. The van der Waals surface area contributed by atoms with Gasteiger partial charge in [0.25, 0.3) is 0 Å². The summed E-state index contributed by atoms with van der Waals surface area (Å²) in [5.74, 6) is 2.10. The molecule has 0 spiro atoms. The largest absolute Gasteiger partial charge is 0.353 e. The first-order valence-corrected chi connectivity index (χ1v) is 10.3. The van der Waals surface area contributed by atoms with E-state index in [9.17, 15) is 4.79 Å². The van der Waals surface area contributed by atoms with Crippen molar-refractivity contribution in [3.63, 3.8) is 0 Å². The van der Waals surface area contributed by atoms with Crippen LogP contribution < -0.4 is 10.2 Å². The van der Waals surface area contributed by atoms with Crippen molar-refractivity contribution >= 4 is 38.5 Å². The number of aryl methyl sites for hydroxylation is 1. The highest BCUT2D eigenvalue weighted by molar-refractivity contribution is 7.22. The van der Waals surface area contributed by atoms with Gasteiger partial charge < -0.3 is 9.80 Å². The monoisotopic (exact) mass is 396 g/mol. The third kappa shape index (κ3) is 3.91. The molecule has 0 atom stereocenters. The SMILES string of the molecule is Cc1cc(N2CCN(C(=O)Nc3nc4ccccc4s3)CC2)nc(C(C)C)n1. The van der Waals surface area contributed by atoms with Gasteiger partial charge >= 0.3 is 6.03 Å². The van der Waals surface area contributed by atoms with E-state index in [-0.39, 0.29) is 6.03 Å². The number of hydrogen-bond acceptors (Lipinski definition) is 6. The predicted octanol–water partition coefficient (Wildman–Crippen LogP) is 3.87. The van der Waals surface area contributed by atoms with E-state index in [0.29, 0.717) is 24.1 Å². The predicted molar refractivity (Wildman–Crippen MR) is 113 cm³/mol. The van der Waals surface area contributed by atoms with Crippen molar-refractivity contribution in [1.82, 2.24) is 19.9 Å². The van der Waals surface area contributed by atoms with Crippen LogP contribution in [0.25, 0.3) is 10.2 Å². The Labute approximate surface area is 168 Å². The number of rotatable bonds is 3. The van der Waals surface area contributed by atoms with Gasteiger partial charge in [-0.3, -0.25) is 5.32 Å². The molecule has 2 amide bonds. The Morgan fingerprint density at radius 1 is 1.11 bits per heavy atom. The standard InChI is InChI=1S/C20H24N6OS/c1-13(2)18-21-14(3)12-17(23-18)25-8-10-26(11-9-25)20(27)24-19-22-15-6-4-5-7-16(15)28-19/h4-7,12-13H,8-11H2,1-3H3,(H,22,24,27). The number of benzene rings is 1. The Bertz CT molecular complexity index is 960. The van der Waals surface area contributed by atoms with Crippen LogP contribution in [0.3, 0.4) is 0 Å². The number of thiazole rings is 1. The Balaban J connectivity index is 1.39. The van der Waals surface area contributed by atoms with Crippen LogP contribution in [0.2, 0.25) is 0 Å². The van der Waals surface area contributed by atoms with E-state index >= 15 is 0 Å². The number of anilines is 2. The first-order chi connectivity index (χ1) is 13.5. The summed E-state index contributed by atoms with van der Waals surface area (Å²) in [5, 5.41) is 3.58. The molecule has 7 nitrogen and oxygen atoms in total. The number of carbonyl (C=O) groups is 1. The van der Waals surface area contributed by atoms with E-state index < -0.39 is 0 Å². The topological polar surface area (TPSA) is 74.2 Å². The third-order valence-electron chi connectivity index (χ3n) is 4.77. The molecular formula is C20H24N6OS. The zero-order valence-corrected chi connectivity index (χ0v) is 17.2. The first-order valence-electron chi connectivity index (χ1n) is 9.51. The molecule has 3 aromatic rings. The highest BCUT2D eigenvalue weighted by atomic mass is 32.1. The average Bonchev–Trinajstić information content (AvgIpc) is 3.09. The molecule has 1 aliphatic heterocycles. The van der Waals surface area contributed by atoms with Gasteiger partial charge in [0.2, 0.25) is 0 Å². The number of para-hydroxylation sites is 1. The summed E-state index contributed by atoms with van der Waals surface area (Å²) in [6, 6.07) is 9.81. The van der Waals surface area contributed by atoms with Crippen molar-refractivity contribution in [2.24, 2.45) is 0 Å². The summed E-state index contributed by atoms with van der Waals surface area (Å²) in [6.07, 6.45) is 0. The second-order valence-electron chi connectivity index (χ2n) is 7.27. The molecule has 0 bridgehead atoms. The molecule has 28 heavy (non-hydrogen) atoms. The molecule has 1 aromatic carbocycles. The fourth-order valence-corrected chi connectivity index (χ4v) is 4.08. The molecule has 1 aliphatic rings. The van der Waals surface area contributed by atoms with E-state index in [1.165, 1.54) is 11.3 Å². The van der Waals surface area contributed by atoms with Crippen LogP contribution in [0.1, 0.15) is 31.3 Å². The Morgan fingerprint density at radius 3 is 2.57 bits per heavy atom. The lowest BCUT2D eigenvalue weighted by Gasteiger charge is -2.35. The second kappa shape index (κ2) is 7.71. The highest BCUT2D eigenvalue weighted by Crippen LogP contribution is 2.26. The lowest BCUT2D eigenvalue weighted by molar-refractivity contribution is 0.208. The molecule has 1 N–H and O–H groups in total. The Kier molecular flexibility index (Phi) is 5.13. The minimum atomic E-state index is -0.0968. The van der Waals surface area contributed by atoms with Crippen LogP contribution in [0.15, 0.2) is 30.3 Å². The molecule has 1 saturated heterocycles. The number of carbonyl (C=O) groups excluding carboxylic acids is 1. The van der Waals surface area contributed by atoms with Crippen LogP contribution >= 0.6 is 11.3 Å². The molecule has 1 fully saturated rings. The van der Waals surface area contributed by atoms with E-state index in [1.54, 1.807) is 0 Å². The normalized spacial score (nSPS) is 14.7. The van der Waals surface area contributed by atoms with Gasteiger partial charge in [-0.2, -0.15) is 0 Å². The summed E-state index contributed by atoms with van der Waals surface area (Å²) < 4.78 is 1.07. The maximum absolute atomic E-state index is 12.6. The molecule has 0 radical (unpaired) electrons. The minimum Gasteiger partial charge on any atom is -0.353 e. The zero-order chi connectivity index (χ0) is 19.7. The second-order valence-corrected chi connectivity index (χ2v) is 8.30. The quantitative estimate of drug-likeness (QED) is 0.727. The molecule has 3 heterocycles. The van der Waals surface area contributed by atoms with Gasteiger partial charge in [-0.15, -0.1) is 0 Å². The minimum absolute atomic E-state index is 0.0968. The van der Waals surface area contributed by atoms with Gasteiger partial charge in [0.05, 0.1) is 10.2 Å². The summed E-state index contributed by atoms with van der Waals surface area (Å²) in [6.45, 7) is 9.00. The van der Waals surface area contributed by atoms with Crippen molar-refractivity contribution in [1.29, 1.82) is 0 Å². The van der Waals surface area contributed by atoms with Gasteiger partial charge in [-0.25, -0.2) is 19.7 Å². The molecule has 0 aliphatic carbocycles. The summed E-state index contributed by atoms with van der Waals surface area (Å²) >= 11 is 1.50. The number of nitrogens with zero attached hydrogens (tertiary/aromatic N) is 5. The van der Waals surface area contributed by atoms with Crippen LogP contribution in [-0.4, -0.2) is 52.1 Å². The first kappa shape index (κ1) is 18.6. The van der Waals surface area contributed by atoms with Crippen molar-refractivity contribution < 1.29 is 4.79 Å². The van der Waals surface area contributed by atoms with E-state index in [0.717, 1.165) is 40.6 Å². The van der Waals surface area contributed by atoms with Crippen molar-refractivity contribution in [3.05, 3.63) is 41.9 Å². The van der Waals surface area contributed by atoms with Crippen molar-refractivity contribution in [3.8, 4) is 0 Å².